The third kappa shape index (κ3) is 11.6. The molecule has 0 heterocycles. The maximum atomic E-state index is 8.43. The molecule has 0 fully saturated rings. The van der Waals surface area contributed by atoms with E-state index in [0.29, 0.717) is 0 Å². The zero-order chi connectivity index (χ0) is 12.1. The van der Waals surface area contributed by atoms with Crippen LogP contribution in [-0.4, -0.2) is 0 Å². The van der Waals surface area contributed by atoms with E-state index < -0.39 is 0 Å². The van der Waals surface area contributed by atoms with Crippen LogP contribution in [0.5, 0.6) is 0 Å². The maximum Gasteiger partial charge on any atom is 0.0621 e. The van der Waals surface area contributed by atoms with E-state index in [4.69, 9.17) is 5.26 Å². The molecule has 94 valence electrons. The van der Waals surface area contributed by atoms with Crippen molar-refractivity contribution in [3.8, 4) is 6.07 Å². The van der Waals surface area contributed by atoms with Crippen molar-refractivity contribution in [1.29, 1.82) is 5.26 Å². The summed E-state index contributed by atoms with van der Waals surface area (Å²) in [5.74, 6) is 0.866. The van der Waals surface area contributed by atoms with Gasteiger partial charge in [-0.15, -0.1) is 0 Å². The van der Waals surface area contributed by atoms with E-state index in [1.165, 1.54) is 57.8 Å². The van der Waals surface area contributed by atoms with Crippen molar-refractivity contribution in [2.75, 3.05) is 0 Å². The first kappa shape index (κ1) is 15.5. The van der Waals surface area contributed by atoms with Crippen LogP contribution in [0.3, 0.4) is 0 Å². The highest BCUT2D eigenvalue weighted by Crippen LogP contribution is 2.17. The minimum absolute atomic E-state index is 0.740. The summed E-state index contributed by atoms with van der Waals surface area (Å²) in [5.41, 5.74) is 0. The molecule has 1 heteroatoms. The minimum Gasteiger partial charge on any atom is -0.198 e. The summed E-state index contributed by atoms with van der Waals surface area (Å²) >= 11 is 0. The van der Waals surface area contributed by atoms with E-state index in [1.807, 2.05) is 0 Å². The van der Waals surface area contributed by atoms with Crippen LogP contribution in [0.15, 0.2) is 0 Å². The van der Waals surface area contributed by atoms with E-state index in [0.717, 1.165) is 18.8 Å². The largest absolute Gasteiger partial charge is 0.198 e. The molecule has 0 radical (unpaired) electrons. The summed E-state index contributed by atoms with van der Waals surface area (Å²) in [6.07, 6.45) is 14.2. The Labute approximate surface area is 102 Å². The molecule has 0 aromatic rings. The highest BCUT2D eigenvalue weighted by molar-refractivity contribution is 4.68. The average Bonchev–Trinajstić information content (AvgIpc) is 2.29. The van der Waals surface area contributed by atoms with Crippen LogP contribution in [-0.2, 0) is 0 Å². The van der Waals surface area contributed by atoms with Crippen molar-refractivity contribution in [3.05, 3.63) is 0 Å². The Kier molecular flexibility index (Phi) is 12.2. The molecule has 0 aliphatic carbocycles. The second kappa shape index (κ2) is 12.6. The number of hydrogen-bond donors (Lipinski definition) is 0. The molecule has 0 aromatic carbocycles. The molecule has 0 saturated heterocycles. The van der Waals surface area contributed by atoms with Crippen LogP contribution in [0.25, 0.3) is 0 Å². The summed E-state index contributed by atoms with van der Waals surface area (Å²) in [6, 6.07) is 2.21. The summed E-state index contributed by atoms with van der Waals surface area (Å²) < 4.78 is 0. The number of rotatable bonds is 11. The van der Waals surface area contributed by atoms with Gasteiger partial charge in [-0.05, 0) is 12.3 Å². The second-order valence-corrected chi connectivity index (χ2v) is 5.07. The van der Waals surface area contributed by atoms with E-state index in [2.05, 4.69) is 19.9 Å². The van der Waals surface area contributed by atoms with Crippen LogP contribution < -0.4 is 0 Å². The average molecular weight is 223 g/mol. The molecule has 0 aromatic heterocycles. The molecule has 0 bridgehead atoms. The van der Waals surface area contributed by atoms with Crippen LogP contribution >= 0.6 is 0 Å². The molecular weight excluding hydrogens is 194 g/mol. The van der Waals surface area contributed by atoms with Gasteiger partial charge in [-0.1, -0.05) is 71.6 Å². The minimum atomic E-state index is 0.740. The molecule has 0 aliphatic heterocycles. The van der Waals surface area contributed by atoms with Crippen LogP contribution in [0.1, 0.15) is 84.5 Å². The fraction of sp³-hybridized carbons (Fsp3) is 0.933. The third-order valence-electron chi connectivity index (χ3n) is 3.29. The van der Waals surface area contributed by atoms with Crippen molar-refractivity contribution >= 4 is 0 Å². The van der Waals surface area contributed by atoms with Crippen molar-refractivity contribution in [2.24, 2.45) is 5.92 Å². The van der Waals surface area contributed by atoms with Gasteiger partial charge >= 0.3 is 0 Å². The Morgan fingerprint density at radius 1 is 0.875 bits per heavy atom. The molecule has 1 atom stereocenters. The predicted octanol–water partition coefficient (Wildman–Crippen LogP) is 5.46. The summed E-state index contributed by atoms with van der Waals surface area (Å²) in [4.78, 5) is 0. The van der Waals surface area contributed by atoms with E-state index in [9.17, 15) is 0 Å². The molecule has 0 spiro atoms. The second-order valence-electron chi connectivity index (χ2n) is 5.07. The van der Waals surface area contributed by atoms with Gasteiger partial charge in [0.2, 0.25) is 0 Å². The first-order chi connectivity index (χ1) is 7.81. The number of nitrogens with zero attached hydrogens (tertiary/aromatic N) is 1. The predicted molar refractivity (Wildman–Crippen MR) is 71.2 cm³/mol. The zero-order valence-electron chi connectivity index (χ0n) is 11.3. The fourth-order valence-electron chi connectivity index (χ4n) is 2.11. The zero-order valence-corrected chi connectivity index (χ0v) is 11.3. The summed E-state index contributed by atoms with van der Waals surface area (Å²) in [7, 11) is 0. The normalized spacial score (nSPS) is 12.3. The van der Waals surface area contributed by atoms with Gasteiger partial charge in [0, 0.05) is 6.42 Å². The number of nitriles is 1. The van der Waals surface area contributed by atoms with E-state index in [-0.39, 0.29) is 0 Å². The van der Waals surface area contributed by atoms with Crippen LogP contribution in [0.2, 0.25) is 0 Å². The van der Waals surface area contributed by atoms with Crippen molar-refractivity contribution < 1.29 is 0 Å². The molecule has 0 amide bonds. The topological polar surface area (TPSA) is 23.8 Å². The first-order valence-corrected chi connectivity index (χ1v) is 7.18. The van der Waals surface area contributed by atoms with Crippen LogP contribution in [0.4, 0.5) is 0 Å². The van der Waals surface area contributed by atoms with Crippen molar-refractivity contribution in [2.45, 2.75) is 84.5 Å². The summed E-state index contributed by atoms with van der Waals surface area (Å²) in [5, 5.41) is 8.43. The van der Waals surface area contributed by atoms with Gasteiger partial charge in [0.1, 0.15) is 0 Å². The lowest BCUT2D eigenvalue weighted by atomic mass is 9.96. The van der Waals surface area contributed by atoms with Crippen molar-refractivity contribution in [3.63, 3.8) is 0 Å². The molecule has 0 saturated carbocycles. The van der Waals surface area contributed by atoms with Gasteiger partial charge in [0.05, 0.1) is 6.07 Å². The standard InChI is InChI=1S/C15H29N/c1-3-4-5-6-7-9-12-15(2)13-10-8-11-14-16/h15H,3-13H2,1-2H3. The Morgan fingerprint density at radius 3 is 2.06 bits per heavy atom. The molecular formula is C15H29N. The highest BCUT2D eigenvalue weighted by atomic mass is 14.2. The van der Waals surface area contributed by atoms with Gasteiger partial charge < -0.3 is 0 Å². The van der Waals surface area contributed by atoms with Gasteiger partial charge in [-0.2, -0.15) is 5.26 Å². The van der Waals surface area contributed by atoms with Crippen LogP contribution in [0, 0.1) is 17.2 Å². The smallest absolute Gasteiger partial charge is 0.0621 e. The molecule has 0 aliphatic rings. The third-order valence-corrected chi connectivity index (χ3v) is 3.29. The van der Waals surface area contributed by atoms with Gasteiger partial charge in [0.15, 0.2) is 0 Å². The molecule has 1 nitrogen and oxygen atoms in total. The Balaban J connectivity index is 3.11. The number of hydrogen-bond acceptors (Lipinski definition) is 1. The lowest BCUT2D eigenvalue weighted by Gasteiger charge is -2.10. The first-order valence-electron chi connectivity index (χ1n) is 7.18. The van der Waals surface area contributed by atoms with Crippen molar-refractivity contribution in [1.82, 2.24) is 0 Å². The highest BCUT2D eigenvalue weighted by Gasteiger charge is 2.01. The molecule has 1 unspecified atom stereocenters. The Bertz CT molecular complexity index is 169. The monoisotopic (exact) mass is 223 g/mol. The molecule has 0 rings (SSSR count). The molecule has 16 heavy (non-hydrogen) atoms. The summed E-state index contributed by atoms with van der Waals surface area (Å²) in [6.45, 7) is 4.63. The Morgan fingerprint density at radius 2 is 1.44 bits per heavy atom. The van der Waals surface area contributed by atoms with E-state index in [1.54, 1.807) is 0 Å². The SMILES string of the molecule is CCCCCCCCC(C)CCCCC#N. The van der Waals surface area contributed by atoms with Gasteiger partial charge in [-0.3, -0.25) is 0 Å². The molecule has 0 N–H and O–H groups in total. The fourth-order valence-corrected chi connectivity index (χ4v) is 2.11. The maximum absolute atomic E-state index is 8.43. The van der Waals surface area contributed by atoms with E-state index >= 15 is 0 Å². The lowest BCUT2D eigenvalue weighted by molar-refractivity contribution is 0.439. The van der Waals surface area contributed by atoms with Gasteiger partial charge in [0.25, 0.3) is 0 Å². The lowest BCUT2D eigenvalue weighted by Crippen LogP contribution is -1.94. The Hall–Kier alpha value is -0.510. The van der Waals surface area contributed by atoms with Gasteiger partial charge in [-0.25, -0.2) is 0 Å². The quantitative estimate of drug-likeness (QED) is 0.427. The number of unbranched alkanes of at least 4 members (excludes halogenated alkanes) is 7.